The Balaban J connectivity index is 1.62. The number of rotatable bonds is 6. The van der Waals surface area contributed by atoms with Gasteiger partial charge in [0.1, 0.15) is 12.3 Å². The van der Waals surface area contributed by atoms with Crippen molar-refractivity contribution in [3.63, 3.8) is 0 Å². The van der Waals surface area contributed by atoms with Gasteiger partial charge in [-0.15, -0.1) is 0 Å². The number of para-hydroxylation sites is 1. The predicted molar refractivity (Wildman–Crippen MR) is 106 cm³/mol. The minimum atomic E-state index is -0.0545. The second kappa shape index (κ2) is 8.21. The van der Waals surface area contributed by atoms with Crippen molar-refractivity contribution in [2.45, 2.75) is 6.54 Å². The lowest BCUT2D eigenvalue weighted by atomic mass is 10.1. The van der Waals surface area contributed by atoms with Gasteiger partial charge in [-0.05, 0) is 41.1 Å². The lowest BCUT2D eigenvalue weighted by Gasteiger charge is -2.15. The maximum absolute atomic E-state index is 12.2. The fourth-order valence-corrected chi connectivity index (χ4v) is 3.14. The molecular weight excluding hydrogens is 348 g/mol. The summed E-state index contributed by atoms with van der Waals surface area (Å²) in [5, 5.41) is 5.71. The SMILES string of the molecule is COc1ccc2cc(C[NH+](C)CC(=O)Nc3ccccc3Cl)ccc2c1. The Morgan fingerprint density at radius 2 is 1.81 bits per heavy atom. The molecule has 134 valence electrons. The second-order valence-electron chi connectivity index (χ2n) is 6.39. The van der Waals surface area contributed by atoms with Crippen LogP contribution in [0, 0.1) is 0 Å². The summed E-state index contributed by atoms with van der Waals surface area (Å²) in [6.07, 6.45) is 0. The molecule has 0 aliphatic carbocycles. The summed E-state index contributed by atoms with van der Waals surface area (Å²) in [7, 11) is 3.67. The molecule has 26 heavy (non-hydrogen) atoms. The first-order valence-electron chi connectivity index (χ1n) is 8.47. The summed E-state index contributed by atoms with van der Waals surface area (Å²) in [6, 6.07) is 19.6. The molecule has 0 aliphatic rings. The average Bonchev–Trinajstić information content (AvgIpc) is 2.63. The normalized spacial score (nSPS) is 12.0. The number of ether oxygens (including phenoxy) is 1. The average molecular weight is 370 g/mol. The number of likely N-dealkylation sites (N-methyl/N-ethyl adjacent to an activating group) is 1. The zero-order chi connectivity index (χ0) is 18.5. The highest BCUT2D eigenvalue weighted by molar-refractivity contribution is 6.33. The fraction of sp³-hybridized carbons (Fsp3) is 0.190. The van der Waals surface area contributed by atoms with Gasteiger partial charge in [-0.1, -0.05) is 41.9 Å². The van der Waals surface area contributed by atoms with E-state index in [9.17, 15) is 4.79 Å². The molecule has 0 radical (unpaired) electrons. The van der Waals surface area contributed by atoms with Gasteiger partial charge >= 0.3 is 0 Å². The van der Waals surface area contributed by atoms with E-state index in [2.05, 4.69) is 29.6 Å². The van der Waals surface area contributed by atoms with E-state index in [4.69, 9.17) is 16.3 Å². The highest BCUT2D eigenvalue weighted by Gasteiger charge is 2.12. The minimum absolute atomic E-state index is 0.0545. The molecule has 3 rings (SSSR count). The molecule has 0 aromatic heterocycles. The molecule has 3 aromatic carbocycles. The smallest absolute Gasteiger partial charge is 0.279 e. The van der Waals surface area contributed by atoms with Crippen LogP contribution in [0.25, 0.3) is 10.8 Å². The summed E-state index contributed by atoms with van der Waals surface area (Å²) in [4.78, 5) is 13.3. The molecule has 4 nitrogen and oxygen atoms in total. The van der Waals surface area contributed by atoms with Crippen LogP contribution in [-0.2, 0) is 11.3 Å². The summed E-state index contributed by atoms with van der Waals surface area (Å²) in [5.41, 5.74) is 1.83. The Hall–Kier alpha value is -2.56. The Morgan fingerprint density at radius 1 is 1.08 bits per heavy atom. The summed E-state index contributed by atoms with van der Waals surface area (Å²) in [6.45, 7) is 1.13. The number of fused-ring (bicyclic) bond motifs is 1. The van der Waals surface area contributed by atoms with Gasteiger partial charge in [-0.2, -0.15) is 0 Å². The zero-order valence-corrected chi connectivity index (χ0v) is 15.6. The lowest BCUT2D eigenvalue weighted by molar-refractivity contribution is -0.885. The van der Waals surface area contributed by atoms with Gasteiger partial charge in [-0.25, -0.2) is 0 Å². The van der Waals surface area contributed by atoms with Crippen LogP contribution in [-0.4, -0.2) is 26.6 Å². The number of quaternary nitrogens is 1. The molecule has 3 aromatic rings. The van der Waals surface area contributed by atoms with Crippen LogP contribution >= 0.6 is 11.6 Å². The zero-order valence-electron chi connectivity index (χ0n) is 14.9. The van der Waals surface area contributed by atoms with Crippen LogP contribution in [0.1, 0.15) is 5.56 Å². The number of benzene rings is 3. The van der Waals surface area contributed by atoms with Crippen molar-refractivity contribution in [2.24, 2.45) is 0 Å². The molecule has 0 saturated heterocycles. The Bertz CT molecular complexity index is 927. The van der Waals surface area contributed by atoms with Gasteiger partial charge in [0.25, 0.3) is 5.91 Å². The molecule has 0 fully saturated rings. The molecule has 5 heteroatoms. The van der Waals surface area contributed by atoms with E-state index in [0.717, 1.165) is 28.0 Å². The molecule has 0 spiro atoms. The molecule has 0 heterocycles. The third-order valence-electron chi connectivity index (χ3n) is 4.23. The highest BCUT2D eigenvalue weighted by atomic mass is 35.5. The molecule has 0 aliphatic heterocycles. The summed E-state index contributed by atoms with van der Waals surface area (Å²) in [5.74, 6) is 0.797. The quantitative estimate of drug-likeness (QED) is 0.701. The highest BCUT2D eigenvalue weighted by Crippen LogP contribution is 2.22. The number of carbonyl (C=O) groups is 1. The third kappa shape index (κ3) is 4.54. The topological polar surface area (TPSA) is 42.8 Å². The molecule has 1 amide bonds. The van der Waals surface area contributed by atoms with E-state index in [1.807, 2.05) is 31.3 Å². The van der Waals surface area contributed by atoms with E-state index in [-0.39, 0.29) is 5.91 Å². The maximum atomic E-state index is 12.2. The van der Waals surface area contributed by atoms with Crippen molar-refractivity contribution in [3.8, 4) is 5.75 Å². The van der Waals surface area contributed by atoms with Crippen molar-refractivity contribution in [3.05, 3.63) is 71.2 Å². The maximum Gasteiger partial charge on any atom is 0.279 e. The second-order valence-corrected chi connectivity index (χ2v) is 6.79. The van der Waals surface area contributed by atoms with Gasteiger partial charge in [0.15, 0.2) is 6.54 Å². The van der Waals surface area contributed by atoms with Gasteiger partial charge in [0.05, 0.1) is 24.9 Å². The summed E-state index contributed by atoms with van der Waals surface area (Å²) >= 11 is 6.08. The number of carbonyl (C=O) groups excluding carboxylic acids is 1. The van der Waals surface area contributed by atoms with Crippen molar-refractivity contribution >= 4 is 34.0 Å². The van der Waals surface area contributed by atoms with Crippen molar-refractivity contribution in [1.82, 2.24) is 0 Å². The van der Waals surface area contributed by atoms with E-state index >= 15 is 0 Å². The van der Waals surface area contributed by atoms with Gasteiger partial charge in [0.2, 0.25) is 0 Å². The molecule has 0 bridgehead atoms. The number of amides is 1. The predicted octanol–water partition coefficient (Wildman–Crippen LogP) is 3.16. The first-order chi connectivity index (χ1) is 12.5. The molecule has 1 atom stereocenters. The van der Waals surface area contributed by atoms with E-state index < -0.39 is 0 Å². The van der Waals surface area contributed by atoms with Crippen molar-refractivity contribution in [2.75, 3.05) is 26.0 Å². The minimum Gasteiger partial charge on any atom is -0.497 e. The number of methoxy groups -OCH3 is 1. The van der Waals surface area contributed by atoms with E-state index in [1.54, 1.807) is 19.2 Å². The first kappa shape index (κ1) is 18.2. The summed E-state index contributed by atoms with van der Waals surface area (Å²) < 4.78 is 5.26. The van der Waals surface area contributed by atoms with Crippen LogP contribution in [0.5, 0.6) is 5.75 Å². The largest absolute Gasteiger partial charge is 0.497 e. The van der Waals surface area contributed by atoms with Crippen LogP contribution in [0.3, 0.4) is 0 Å². The molecule has 2 N–H and O–H groups in total. The lowest BCUT2D eigenvalue weighted by Crippen LogP contribution is -3.08. The fourth-order valence-electron chi connectivity index (χ4n) is 2.95. The van der Waals surface area contributed by atoms with Crippen LogP contribution in [0.15, 0.2) is 60.7 Å². The number of hydrogen-bond acceptors (Lipinski definition) is 2. The van der Waals surface area contributed by atoms with Crippen LogP contribution in [0.4, 0.5) is 5.69 Å². The monoisotopic (exact) mass is 369 g/mol. The molecular formula is C21H22ClN2O2+. The van der Waals surface area contributed by atoms with Gasteiger partial charge in [0, 0.05) is 5.56 Å². The molecule has 1 unspecified atom stereocenters. The number of hydrogen-bond donors (Lipinski definition) is 2. The third-order valence-corrected chi connectivity index (χ3v) is 4.56. The van der Waals surface area contributed by atoms with E-state index in [1.165, 1.54) is 5.56 Å². The number of anilines is 1. The Labute approximate surface area is 158 Å². The van der Waals surface area contributed by atoms with Crippen molar-refractivity contribution in [1.29, 1.82) is 0 Å². The first-order valence-corrected chi connectivity index (χ1v) is 8.85. The number of halogens is 1. The van der Waals surface area contributed by atoms with Crippen LogP contribution in [0.2, 0.25) is 5.02 Å². The van der Waals surface area contributed by atoms with E-state index in [0.29, 0.717) is 17.3 Å². The standard InChI is InChI=1S/C21H21ClN2O2/c1-24(14-21(25)23-20-6-4-3-5-19(20)22)13-15-7-8-17-12-18(26-2)10-9-16(17)11-15/h3-12H,13-14H2,1-2H3,(H,23,25)/p+1. The molecule has 0 saturated carbocycles. The van der Waals surface area contributed by atoms with Crippen molar-refractivity contribution < 1.29 is 14.4 Å². The van der Waals surface area contributed by atoms with Gasteiger partial charge < -0.3 is 15.0 Å². The Morgan fingerprint density at radius 3 is 2.58 bits per heavy atom. The number of nitrogens with one attached hydrogen (secondary N) is 2. The Kier molecular flexibility index (Phi) is 5.76. The van der Waals surface area contributed by atoms with Crippen LogP contribution < -0.4 is 15.0 Å². The van der Waals surface area contributed by atoms with Gasteiger partial charge in [-0.3, -0.25) is 4.79 Å².